The molecule has 1 aromatic rings. The summed E-state index contributed by atoms with van der Waals surface area (Å²) in [7, 11) is 1.68. The maximum atomic E-state index is 5.42. The van der Waals surface area contributed by atoms with Gasteiger partial charge in [0.05, 0.1) is 0 Å². The molecule has 2 rings (SSSR count). The van der Waals surface area contributed by atoms with Gasteiger partial charge in [-0.1, -0.05) is 30.3 Å². The zero-order chi connectivity index (χ0) is 8.60. The lowest BCUT2D eigenvalue weighted by atomic mass is 10.1. The Bertz CT molecular complexity index is 266. The summed E-state index contributed by atoms with van der Waals surface area (Å²) in [5, 5.41) is 0. The van der Waals surface area contributed by atoms with E-state index in [-0.39, 0.29) is 6.10 Å². The van der Waals surface area contributed by atoms with Gasteiger partial charge in [0.1, 0.15) is 6.10 Å². The van der Waals surface area contributed by atoms with Gasteiger partial charge in [-0.25, -0.2) is 0 Å². The van der Waals surface area contributed by atoms with Crippen LogP contribution in [-0.2, 0) is 15.3 Å². The molecule has 1 aliphatic rings. The number of hydrogen-bond acceptors (Lipinski definition) is 2. The Hall–Kier alpha value is -0.860. The van der Waals surface area contributed by atoms with E-state index < -0.39 is 5.79 Å². The monoisotopic (exact) mass is 164 g/mol. The first-order valence-electron chi connectivity index (χ1n) is 4.08. The maximum Gasteiger partial charge on any atom is 0.222 e. The van der Waals surface area contributed by atoms with E-state index in [9.17, 15) is 0 Å². The second kappa shape index (κ2) is 2.57. The van der Waals surface area contributed by atoms with Gasteiger partial charge in [-0.05, 0) is 6.92 Å². The average Bonchev–Trinajstić information content (AvgIpc) is 2.80. The fourth-order valence-electron chi connectivity index (χ4n) is 1.53. The number of methoxy groups -OCH3 is 1. The molecule has 1 aromatic carbocycles. The van der Waals surface area contributed by atoms with Gasteiger partial charge in [0.25, 0.3) is 0 Å². The second-order valence-corrected chi connectivity index (χ2v) is 3.00. The first-order valence-corrected chi connectivity index (χ1v) is 4.08. The molecule has 2 atom stereocenters. The predicted molar refractivity (Wildman–Crippen MR) is 45.7 cm³/mol. The van der Waals surface area contributed by atoms with E-state index in [1.807, 2.05) is 37.3 Å². The van der Waals surface area contributed by atoms with Crippen LogP contribution >= 0.6 is 0 Å². The molecule has 0 aromatic heterocycles. The Morgan fingerprint density at radius 3 is 2.33 bits per heavy atom. The normalized spacial score (nSPS) is 33.3. The predicted octanol–water partition coefficient (Wildman–Crippen LogP) is 1.90. The SMILES string of the molecule is COC1(c2ccccc2)OC1C. The lowest BCUT2D eigenvalue weighted by molar-refractivity contribution is -0.0141. The van der Waals surface area contributed by atoms with Crippen molar-refractivity contribution in [3.8, 4) is 0 Å². The van der Waals surface area contributed by atoms with E-state index >= 15 is 0 Å². The lowest BCUT2D eigenvalue weighted by Crippen LogP contribution is -2.13. The third kappa shape index (κ3) is 0.958. The Balaban J connectivity index is 2.31. The van der Waals surface area contributed by atoms with Crippen LogP contribution in [0.2, 0.25) is 0 Å². The zero-order valence-electron chi connectivity index (χ0n) is 7.28. The molecule has 0 aliphatic carbocycles. The largest absolute Gasteiger partial charge is 0.347 e. The van der Waals surface area contributed by atoms with Crippen molar-refractivity contribution < 1.29 is 9.47 Å². The highest BCUT2D eigenvalue weighted by Crippen LogP contribution is 2.46. The first-order chi connectivity index (χ1) is 5.79. The molecule has 0 spiro atoms. The summed E-state index contributed by atoms with van der Waals surface area (Å²) in [5.74, 6) is -0.457. The Morgan fingerprint density at radius 2 is 1.92 bits per heavy atom. The molecule has 64 valence electrons. The van der Waals surface area contributed by atoms with Crippen molar-refractivity contribution in [2.24, 2.45) is 0 Å². The molecule has 0 amide bonds. The van der Waals surface area contributed by atoms with Crippen molar-refractivity contribution >= 4 is 0 Å². The minimum absolute atomic E-state index is 0.171. The van der Waals surface area contributed by atoms with Crippen LogP contribution in [0.25, 0.3) is 0 Å². The van der Waals surface area contributed by atoms with E-state index in [1.165, 1.54) is 0 Å². The van der Waals surface area contributed by atoms with Crippen molar-refractivity contribution in [2.45, 2.75) is 18.8 Å². The fraction of sp³-hybridized carbons (Fsp3) is 0.400. The number of epoxide rings is 1. The summed E-state index contributed by atoms with van der Waals surface area (Å²) >= 11 is 0. The molecule has 2 nitrogen and oxygen atoms in total. The second-order valence-electron chi connectivity index (χ2n) is 3.00. The van der Waals surface area contributed by atoms with Gasteiger partial charge in [-0.15, -0.1) is 0 Å². The number of rotatable bonds is 2. The van der Waals surface area contributed by atoms with Crippen LogP contribution in [0.3, 0.4) is 0 Å². The third-order valence-corrected chi connectivity index (χ3v) is 2.31. The fourth-order valence-corrected chi connectivity index (χ4v) is 1.53. The molecule has 0 N–H and O–H groups in total. The van der Waals surface area contributed by atoms with Crippen LogP contribution in [0.5, 0.6) is 0 Å². The van der Waals surface area contributed by atoms with Gasteiger partial charge in [0.15, 0.2) is 0 Å². The van der Waals surface area contributed by atoms with Crippen LogP contribution in [0.4, 0.5) is 0 Å². The zero-order valence-corrected chi connectivity index (χ0v) is 7.28. The summed E-state index contributed by atoms with van der Waals surface area (Å²) in [5.41, 5.74) is 1.10. The van der Waals surface area contributed by atoms with Crippen molar-refractivity contribution in [2.75, 3.05) is 7.11 Å². The summed E-state index contributed by atoms with van der Waals surface area (Å²) in [6.07, 6.45) is 0.171. The maximum absolute atomic E-state index is 5.42. The molecule has 1 fully saturated rings. The highest BCUT2D eigenvalue weighted by Gasteiger charge is 2.55. The van der Waals surface area contributed by atoms with Crippen molar-refractivity contribution in [3.05, 3.63) is 35.9 Å². The molecule has 1 aliphatic heterocycles. The summed E-state index contributed by atoms with van der Waals surface area (Å²) in [6.45, 7) is 2.01. The molecular weight excluding hydrogens is 152 g/mol. The highest BCUT2D eigenvalue weighted by atomic mass is 16.8. The minimum atomic E-state index is -0.457. The van der Waals surface area contributed by atoms with Crippen molar-refractivity contribution in [1.82, 2.24) is 0 Å². The molecular formula is C10H12O2. The van der Waals surface area contributed by atoms with Crippen LogP contribution in [0.1, 0.15) is 12.5 Å². The van der Waals surface area contributed by atoms with Gasteiger partial charge in [-0.3, -0.25) is 0 Å². The topological polar surface area (TPSA) is 21.8 Å². The van der Waals surface area contributed by atoms with Crippen LogP contribution in [0.15, 0.2) is 30.3 Å². The lowest BCUT2D eigenvalue weighted by Gasteiger charge is -2.09. The molecule has 2 unspecified atom stereocenters. The number of hydrogen-bond donors (Lipinski definition) is 0. The van der Waals surface area contributed by atoms with Crippen LogP contribution < -0.4 is 0 Å². The molecule has 1 heterocycles. The van der Waals surface area contributed by atoms with E-state index in [0.717, 1.165) is 5.56 Å². The van der Waals surface area contributed by atoms with Gasteiger partial charge in [0.2, 0.25) is 5.79 Å². The van der Waals surface area contributed by atoms with E-state index in [2.05, 4.69) is 0 Å². The molecule has 12 heavy (non-hydrogen) atoms. The third-order valence-electron chi connectivity index (χ3n) is 2.31. The van der Waals surface area contributed by atoms with Gasteiger partial charge < -0.3 is 9.47 Å². The standard InChI is InChI=1S/C10H12O2/c1-8-10(11-2,12-8)9-6-4-3-5-7-9/h3-8H,1-2H3. The van der Waals surface area contributed by atoms with Crippen LogP contribution in [-0.4, -0.2) is 13.2 Å². The van der Waals surface area contributed by atoms with Gasteiger partial charge >= 0.3 is 0 Å². The molecule has 2 heteroatoms. The van der Waals surface area contributed by atoms with E-state index in [1.54, 1.807) is 7.11 Å². The summed E-state index contributed by atoms with van der Waals surface area (Å²) in [4.78, 5) is 0. The van der Waals surface area contributed by atoms with Crippen molar-refractivity contribution in [3.63, 3.8) is 0 Å². The Morgan fingerprint density at radius 1 is 1.33 bits per heavy atom. The summed E-state index contributed by atoms with van der Waals surface area (Å²) in [6, 6.07) is 10.0. The highest BCUT2D eigenvalue weighted by molar-refractivity contribution is 5.25. The number of benzene rings is 1. The molecule has 0 bridgehead atoms. The molecule has 1 saturated heterocycles. The summed E-state index contributed by atoms with van der Waals surface area (Å²) < 4.78 is 10.7. The molecule has 0 saturated carbocycles. The van der Waals surface area contributed by atoms with Crippen molar-refractivity contribution in [1.29, 1.82) is 0 Å². The smallest absolute Gasteiger partial charge is 0.222 e. The van der Waals surface area contributed by atoms with Gasteiger partial charge in [-0.2, -0.15) is 0 Å². The van der Waals surface area contributed by atoms with E-state index in [0.29, 0.717) is 0 Å². The number of ether oxygens (including phenoxy) is 2. The van der Waals surface area contributed by atoms with E-state index in [4.69, 9.17) is 9.47 Å². The van der Waals surface area contributed by atoms with Gasteiger partial charge in [0, 0.05) is 12.7 Å². The average molecular weight is 164 g/mol. The van der Waals surface area contributed by atoms with Crippen LogP contribution in [0, 0.1) is 0 Å². The minimum Gasteiger partial charge on any atom is -0.347 e. The first kappa shape index (κ1) is 7.77. The quantitative estimate of drug-likeness (QED) is 0.623. The Labute approximate surface area is 72.1 Å². The molecule has 0 radical (unpaired) electrons. The Kier molecular flexibility index (Phi) is 1.67.